The van der Waals surface area contributed by atoms with Crippen LogP contribution in [0.2, 0.25) is 0 Å². The van der Waals surface area contributed by atoms with Gasteiger partial charge in [-0.25, -0.2) is 0 Å². The van der Waals surface area contributed by atoms with Gasteiger partial charge in [-0.1, -0.05) is 0 Å². The standard InChI is InChI=1S/C8H8IN3O2/c1-14-12(13)9-7-3-2-6-5-10-11-8(6)4-7/h2-5H,1H3,(H,10,11)/q-2. The van der Waals surface area contributed by atoms with Gasteiger partial charge in [-0.15, -0.1) is 0 Å². The molecule has 0 bridgehead atoms. The Morgan fingerprint density at radius 3 is 3.21 bits per heavy atom. The van der Waals surface area contributed by atoms with Crippen LogP contribution in [0.5, 0.6) is 0 Å². The average Bonchev–Trinajstić information content (AvgIpc) is 2.64. The molecule has 1 N–H and O–H groups in total. The Morgan fingerprint density at radius 1 is 1.57 bits per heavy atom. The van der Waals surface area contributed by atoms with Gasteiger partial charge >= 0.3 is 91.1 Å². The van der Waals surface area contributed by atoms with Crippen molar-refractivity contribution in [2.24, 2.45) is 0 Å². The summed E-state index contributed by atoms with van der Waals surface area (Å²) in [5, 5.41) is 18.8. The Kier molecular flexibility index (Phi) is 2.96. The van der Waals surface area contributed by atoms with Gasteiger partial charge in [0.05, 0.1) is 0 Å². The van der Waals surface area contributed by atoms with Crippen molar-refractivity contribution in [3.8, 4) is 0 Å². The maximum absolute atomic E-state index is 11.0. The normalized spacial score (nSPS) is 11.6. The van der Waals surface area contributed by atoms with E-state index in [1.54, 1.807) is 6.20 Å². The molecule has 0 aliphatic rings. The number of nitrogens with one attached hydrogen (secondary N) is 1. The summed E-state index contributed by atoms with van der Waals surface area (Å²) in [4.78, 5) is 4.55. The number of rotatable bonds is 3. The van der Waals surface area contributed by atoms with Crippen molar-refractivity contribution >= 4 is 10.9 Å². The molecule has 76 valence electrons. The molecule has 0 radical (unpaired) electrons. The number of aromatic amines is 1. The summed E-state index contributed by atoms with van der Waals surface area (Å²) in [7, 11) is 1.38. The number of aromatic nitrogens is 2. The Bertz CT molecular complexity index is 431. The van der Waals surface area contributed by atoms with E-state index in [1.165, 1.54) is 7.11 Å². The van der Waals surface area contributed by atoms with E-state index in [2.05, 4.69) is 15.0 Å². The van der Waals surface area contributed by atoms with Gasteiger partial charge in [-0.3, -0.25) is 0 Å². The Morgan fingerprint density at radius 2 is 2.43 bits per heavy atom. The zero-order chi connectivity index (χ0) is 9.97. The molecule has 0 unspecified atom stereocenters. The molecule has 0 spiro atoms. The summed E-state index contributed by atoms with van der Waals surface area (Å²) >= 11 is -0.784. The number of hydrogen-bond acceptors (Lipinski definition) is 4. The predicted octanol–water partition coefficient (Wildman–Crippen LogP) is -1.90. The minimum atomic E-state index is -0.784. The summed E-state index contributed by atoms with van der Waals surface area (Å²) in [6.45, 7) is 0. The third kappa shape index (κ3) is 2.03. The van der Waals surface area contributed by atoms with Crippen LogP contribution in [-0.4, -0.2) is 20.7 Å². The quantitative estimate of drug-likeness (QED) is 0.409. The van der Waals surface area contributed by atoms with E-state index < -0.39 is 21.5 Å². The third-order valence-corrected chi connectivity index (χ3v) is 3.73. The van der Waals surface area contributed by atoms with Gasteiger partial charge in [0.15, 0.2) is 0 Å². The molecule has 0 fully saturated rings. The van der Waals surface area contributed by atoms with Crippen LogP contribution in [0.1, 0.15) is 0 Å². The van der Waals surface area contributed by atoms with Crippen molar-refractivity contribution in [2.45, 2.75) is 0 Å². The summed E-state index contributed by atoms with van der Waals surface area (Å²) in [5.74, 6) is 0. The van der Waals surface area contributed by atoms with E-state index in [9.17, 15) is 5.21 Å². The Balaban J connectivity index is 2.25. The molecule has 0 atom stereocenters. The molecule has 2 aromatic rings. The van der Waals surface area contributed by atoms with E-state index in [0.717, 1.165) is 14.5 Å². The first-order chi connectivity index (χ1) is 6.79. The fourth-order valence-corrected chi connectivity index (χ4v) is 2.52. The van der Waals surface area contributed by atoms with Crippen LogP contribution in [0.15, 0.2) is 24.4 Å². The van der Waals surface area contributed by atoms with Crippen molar-refractivity contribution < 1.29 is 26.3 Å². The van der Waals surface area contributed by atoms with Crippen LogP contribution < -0.4 is 21.5 Å². The van der Waals surface area contributed by atoms with E-state index >= 15 is 0 Å². The maximum atomic E-state index is 11.0. The second-order valence-electron chi connectivity index (χ2n) is 2.58. The second kappa shape index (κ2) is 4.22. The van der Waals surface area contributed by atoms with Crippen molar-refractivity contribution in [1.29, 1.82) is 0 Å². The predicted molar refractivity (Wildman–Crippen MR) is 47.0 cm³/mol. The molecular weight excluding hydrogens is 297 g/mol. The Labute approximate surface area is 91.2 Å². The molecule has 1 heterocycles. The number of halogens is 1. The SMILES string of the molecule is CON([O-])[I-]c1ccc2cn[nH]c2c1. The van der Waals surface area contributed by atoms with Gasteiger partial charge in [0.1, 0.15) is 0 Å². The second-order valence-corrected chi connectivity index (χ2v) is 5.10. The zero-order valence-corrected chi connectivity index (χ0v) is 9.56. The minimum absolute atomic E-state index is 0.635. The molecule has 0 saturated heterocycles. The molecule has 14 heavy (non-hydrogen) atoms. The van der Waals surface area contributed by atoms with Crippen molar-refractivity contribution in [3.63, 3.8) is 0 Å². The van der Waals surface area contributed by atoms with Crippen LogP contribution >= 0.6 is 0 Å². The van der Waals surface area contributed by atoms with Gasteiger partial charge in [-0.05, 0) is 0 Å². The Hall–Kier alpha value is -0.700. The van der Waals surface area contributed by atoms with Crippen LogP contribution in [0.3, 0.4) is 0 Å². The first-order valence-electron chi connectivity index (χ1n) is 3.89. The molecule has 2 rings (SSSR count). The zero-order valence-electron chi connectivity index (χ0n) is 7.40. The molecule has 1 aromatic heterocycles. The first-order valence-corrected chi connectivity index (χ1v) is 5.93. The van der Waals surface area contributed by atoms with Crippen molar-refractivity contribution in [2.75, 3.05) is 7.11 Å². The van der Waals surface area contributed by atoms with E-state index in [4.69, 9.17) is 0 Å². The molecule has 6 heteroatoms. The fraction of sp³-hybridized carbons (Fsp3) is 0.125. The van der Waals surface area contributed by atoms with E-state index in [1.807, 2.05) is 18.2 Å². The van der Waals surface area contributed by atoms with Crippen molar-refractivity contribution in [1.82, 2.24) is 13.6 Å². The van der Waals surface area contributed by atoms with Crippen LogP contribution in [0.25, 0.3) is 10.9 Å². The monoisotopic (exact) mass is 305 g/mol. The topological polar surface area (TPSA) is 64.2 Å². The molecule has 5 nitrogen and oxygen atoms in total. The third-order valence-electron chi connectivity index (χ3n) is 1.71. The van der Waals surface area contributed by atoms with Gasteiger partial charge in [0.2, 0.25) is 0 Å². The average molecular weight is 305 g/mol. The number of benzene rings is 1. The van der Waals surface area contributed by atoms with Crippen molar-refractivity contribution in [3.05, 3.63) is 33.2 Å². The van der Waals surface area contributed by atoms with Gasteiger partial charge in [0, 0.05) is 0 Å². The van der Waals surface area contributed by atoms with Crippen LogP contribution in [0, 0.1) is 8.78 Å². The summed E-state index contributed by atoms with van der Waals surface area (Å²) in [6, 6.07) is 5.80. The van der Waals surface area contributed by atoms with Gasteiger partial charge in [0.25, 0.3) is 0 Å². The molecule has 0 amide bonds. The molecule has 0 saturated carbocycles. The van der Waals surface area contributed by atoms with Gasteiger partial charge < -0.3 is 0 Å². The number of H-pyrrole nitrogens is 1. The summed E-state index contributed by atoms with van der Waals surface area (Å²) < 4.78 is 1.63. The fourth-order valence-electron chi connectivity index (χ4n) is 1.08. The number of nitrogens with zero attached hydrogens (tertiary/aromatic N) is 2. The summed E-state index contributed by atoms with van der Waals surface area (Å²) in [6.07, 6.45) is 1.75. The molecule has 0 aliphatic carbocycles. The molecule has 1 aromatic carbocycles. The van der Waals surface area contributed by atoms with Gasteiger partial charge in [-0.2, -0.15) is 0 Å². The number of hydrogen-bond donors (Lipinski definition) is 1. The summed E-state index contributed by atoms with van der Waals surface area (Å²) in [5.41, 5.74) is 0.951. The first kappa shape index (κ1) is 9.84. The van der Waals surface area contributed by atoms with Crippen LogP contribution in [-0.2, 0) is 4.84 Å². The van der Waals surface area contributed by atoms with E-state index in [0.29, 0.717) is 3.44 Å². The number of fused-ring (bicyclic) bond motifs is 1. The van der Waals surface area contributed by atoms with Crippen LogP contribution in [0.4, 0.5) is 0 Å². The molecule has 0 aliphatic heterocycles. The molecular formula is C8H8IN3O2-2. The van der Waals surface area contributed by atoms with E-state index in [-0.39, 0.29) is 0 Å².